The van der Waals surface area contributed by atoms with Crippen LogP contribution in [0, 0.1) is 26.7 Å². The number of fused-ring (bicyclic) bond motifs is 1. The van der Waals surface area contributed by atoms with Crippen LogP contribution in [0.15, 0.2) is 30.3 Å². The van der Waals surface area contributed by atoms with Crippen LogP contribution in [0.1, 0.15) is 48.3 Å². The van der Waals surface area contributed by atoms with E-state index in [-0.39, 0.29) is 0 Å². The summed E-state index contributed by atoms with van der Waals surface area (Å²) in [7, 11) is 2.24. The molecule has 1 saturated heterocycles. The van der Waals surface area contributed by atoms with Crippen molar-refractivity contribution in [2.45, 2.75) is 59.0 Å². The Morgan fingerprint density at radius 2 is 1.62 bits per heavy atom. The summed E-state index contributed by atoms with van der Waals surface area (Å²) in [6, 6.07) is 11.7. The molecule has 0 atom stereocenters. The Labute approximate surface area is 204 Å². The fourth-order valence-electron chi connectivity index (χ4n) is 5.71. The van der Waals surface area contributed by atoms with Gasteiger partial charge in [-0.05, 0) is 88.7 Å². The molecule has 182 valence electrons. The van der Waals surface area contributed by atoms with Crippen molar-refractivity contribution in [3.63, 3.8) is 0 Å². The Morgan fingerprint density at radius 3 is 2.32 bits per heavy atom. The van der Waals surface area contributed by atoms with E-state index < -0.39 is 0 Å². The van der Waals surface area contributed by atoms with E-state index in [9.17, 15) is 0 Å². The van der Waals surface area contributed by atoms with Crippen molar-refractivity contribution < 1.29 is 0 Å². The van der Waals surface area contributed by atoms with Crippen molar-refractivity contribution in [3.05, 3.63) is 53.0 Å². The van der Waals surface area contributed by atoms with E-state index in [1.165, 1.54) is 75.2 Å². The summed E-state index contributed by atoms with van der Waals surface area (Å²) in [6.07, 6.45) is 5.26. The Kier molecular flexibility index (Phi) is 6.89. The molecule has 6 heteroatoms. The fourth-order valence-corrected chi connectivity index (χ4v) is 5.71. The zero-order valence-electron chi connectivity index (χ0n) is 21.3. The molecule has 1 N–H and O–H groups in total. The van der Waals surface area contributed by atoms with Crippen molar-refractivity contribution >= 4 is 16.9 Å². The van der Waals surface area contributed by atoms with Gasteiger partial charge in [-0.25, -0.2) is 9.97 Å². The van der Waals surface area contributed by atoms with Gasteiger partial charge in [0.1, 0.15) is 11.3 Å². The number of aryl methyl sites for hydroxylation is 3. The van der Waals surface area contributed by atoms with Crippen LogP contribution < -0.4 is 5.32 Å². The van der Waals surface area contributed by atoms with Gasteiger partial charge >= 0.3 is 0 Å². The molecule has 1 saturated carbocycles. The van der Waals surface area contributed by atoms with Gasteiger partial charge in [0, 0.05) is 50.1 Å². The van der Waals surface area contributed by atoms with Crippen molar-refractivity contribution in [3.8, 4) is 0 Å². The Morgan fingerprint density at radius 1 is 0.912 bits per heavy atom. The summed E-state index contributed by atoms with van der Waals surface area (Å²) in [5.41, 5.74) is 6.77. The average Bonchev–Trinajstić information content (AvgIpc) is 3.13. The molecule has 1 aliphatic heterocycles. The zero-order valence-corrected chi connectivity index (χ0v) is 21.3. The third-order valence-electron chi connectivity index (χ3n) is 7.84. The molecule has 34 heavy (non-hydrogen) atoms. The van der Waals surface area contributed by atoms with Gasteiger partial charge in [0.25, 0.3) is 0 Å². The number of benzene rings is 1. The molecule has 0 radical (unpaired) electrons. The Hall–Kier alpha value is -2.44. The third kappa shape index (κ3) is 5.28. The summed E-state index contributed by atoms with van der Waals surface area (Å²) >= 11 is 0. The van der Waals surface area contributed by atoms with E-state index in [4.69, 9.17) is 9.97 Å². The lowest BCUT2D eigenvalue weighted by Gasteiger charge is -2.37. The van der Waals surface area contributed by atoms with Gasteiger partial charge in [0.05, 0.1) is 6.54 Å². The molecule has 3 aromatic rings. The number of imidazole rings is 1. The maximum Gasteiger partial charge on any atom is 0.160 e. The summed E-state index contributed by atoms with van der Waals surface area (Å²) in [6.45, 7) is 13.3. The molecule has 1 aromatic carbocycles. The molecule has 5 rings (SSSR count). The molecular weight excluding hydrogens is 420 g/mol. The van der Waals surface area contributed by atoms with Crippen LogP contribution in [0.3, 0.4) is 0 Å². The minimum Gasteiger partial charge on any atom is -0.382 e. The minimum atomic E-state index is 0.601. The van der Waals surface area contributed by atoms with Gasteiger partial charge in [0.15, 0.2) is 5.65 Å². The second kappa shape index (κ2) is 10.0. The Balaban J connectivity index is 1.15. The molecule has 0 bridgehead atoms. The maximum absolute atomic E-state index is 4.78. The van der Waals surface area contributed by atoms with E-state index in [0.717, 1.165) is 35.1 Å². The average molecular weight is 461 g/mol. The number of anilines is 1. The molecular formula is C28H40N6. The number of pyridine rings is 1. The monoisotopic (exact) mass is 460 g/mol. The van der Waals surface area contributed by atoms with E-state index in [0.29, 0.717) is 6.04 Å². The first kappa shape index (κ1) is 23.3. The highest BCUT2D eigenvalue weighted by atomic mass is 15.2. The molecule has 6 nitrogen and oxygen atoms in total. The number of aromatic nitrogens is 3. The molecule has 2 fully saturated rings. The van der Waals surface area contributed by atoms with Crippen molar-refractivity contribution in [1.82, 2.24) is 24.3 Å². The van der Waals surface area contributed by atoms with Crippen LogP contribution in [-0.4, -0.2) is 70.1 Å². The first-order valence-corrected chi connectivity index (χ1v) is 13.0. The van der Waals surface area contributed by atoms with E-state index in [1.807, 2.05) is 0 Å². The smallest absolute Gasteiger partial charge is 0.160 e. The van der Waals surface area contributed by atoms with Crippen LogP contribution in [0.25, 0.3) is 11.2 Å². The topological polar surface area (TPSA) is 49.2 Å². The lowest BCUT2D eigenvalue weighted by atomic mass is 9.85. The molecule has 0 amide bonds. The highest BCUT2D eigenvalue weighted by molar-refractivity contribution is 5.76. The number of hydrogen-bond donors (Lipinski definition) is 1. The lowest BCUT2D eigenvalue weighted by molar-refractivity contribution is 0.124. The van der Waals surface area contributed by atoms with Crippen LogP contribution >= 0.6 is 0 Å². The van der Waals surface area contributed by atoms with Gasteiger partial charge in [-0.2, -0.15) is 0 Å². The second-order valence-corrected chi connectivity index (χ2v) is 10.7. The predicted octanol–water partition coefficient (Wildman–Crippen LogP) is 4.62. The number of piperazine rings is 1. The van der Waals surface area contributed by atoms with Crippen molar-refractivity contribution in [1.29, 1.82) is 0 Å². The first-order chi connectivity index (χ1) is 16.4. The fraction of sp³-hybridized carbons (Fsp3) is 0.571. The Bertz CT molecular complexity index is 1100. The molecule has 3 heterocycles. The standard InChI is InChI=1S/C28H40N6/c1-20-17-21(2)29-28-27(20)30-22(3)34(28)19-24-7-11-26(12-8-24)31-25-9-5-23(6-10-25)18-33-15-13-32(4)14-16-33/h7-8,11-12,17,23,25,31H,5-6,9-10,13-16,18-19H2,1-4H3. The van der Waals surface area contributed by atoms with E-state index in [1.54, 1.807) is 0 Å². The number of nitrogens with one attached hydrogen (secondary N) is 1. The van der Waals surface area contributed by atoms with Crippen molar-refractivity contribution in [2.75, 3.05) is 45.1 Å². The number of rotatable bonds is 6. The SMILES string of the molecule is Cc1cc(C)c2nc(C)n(Cc3ccc(NC4CCC(CN5CCN(C)CC5)CC4)cc3)c2n1. The normalized spacial score (nSPS) is 22.4. The molecule has 2 aromatic heterocycles. The predicted molar refractivity (Wildman–Crippen MR) is 141 cm³/mol. The highest BCUT2D eigenvalue weighted by Crippen LogP contribution is 2.28. The first-order valence-electron chi connectivity index (χ1n) is 13.0. The minimum absolute atomic E-state index is 0.601. The summed E-state index contributed by atoms with van der Waals surface area (Å²) in [5, 5.41) is 3.80. The van der Waals surface area contributed by atoms with Crippen LogP contribution in [0.4, 0.5) is 5.69 Å². The van der Waals surface area contributed by atoms with Crippen molar-refractivity contribution in [2.24, 2.45) is 5.92 Å². The molecule has 2 aliphatic rings. The van der Waals surface area contributed by atoms with Crippen LogP contribution in [-0.2, 0) is 6.54 Å². The van der Waals surface area contributed by atoms with E-state index >= 15 is 0 Å². The second-order valence-electron chi connectivity index (χ2n) is 10.7. The lowest BCUT2D eigenvalue weighted by Crippen LogP contribution is -2.46. The molecule has 0 spiro atoms. The largest absolute Gasteiger partial charge is 0.382 e. The van der Waals surface area contributed by atoms with Crippen LogP contribution in [0.2, 0.25) is 0 Å². The summed E-state index contributed by atoms with van der Waals surface area (Å²) < 4.78 is 2.24. The highest BCUT2D eigenvalue weighted by Gasteiger charge is 2.24. The third-order valence-corrected chi connectivity index (χ3v) is 7.84. The zero-order chi connectivity index (χ0) is 23.7. The van der Waals surface area contributed by atoms with Gasteiger partial charge in [-0.3, -0.25) is 0 Å². The van der Waals surface area contributed by atoms with Gasteiger partial charge in [-0.1, -0.05) is 12.1 Å². The summed E-state index contributed by atoms with van der Waals surface area (Å²) in [5.74, 6) is 1.89. The maximum atomic E-state index is 4.78. The summed E-state index contributed by atoms with van der Waals surface area (Å²) in [4.78, 5) is 14.7. The molecule has 1 aliphatic carbocycles. The quantitative estimate of drug-likeness (QED) is 0.582. The van der Waals surface area contributed by atoms with E-state index in [2.05, 4.69) is 77.8 Å². The van der Waals surface area contributed by atoms with Crippen LogP contribution in [0.5, 0.6) is 0 Å². The number of likely N-dealkylation sites (N-methyl/N-ethyl adjacent to an activating group) is 1. The number of hydrogen-bond acceptors (Lipinski definition) is 5. The van der Waals surface area contributed by atoms with Gasteiger partial charge in [-0.15, -0.1) is 0 Å². The number of nitrogens with zero attached hydrogens (tertiary/aromatic N) is 5. The molecule has 0 unspecified atom stereocenters. The van der Waals surface area contributed by atoms with Gasteiger partial charge in [0.2, 0.25) is 0 Å². The van der Waals surface area contributed by atoms with Gasteiger partial charge < -0.3 is 19.7 Å².